The van der Waals surface area contributed by atoms with Gasteiger partial charge in [-0.15, -0.1) is 0 Å². The Labute approximate surface area is 119 Å². The summed E-state index contributed by atoms with van der Waals surface area (Å²) >= 11 is 6.19. The van der Waals surface area contributed by atoms with Crippen LogP contribution in [0.2, 0.25) is 5.02 Å². The van der Waals surface area contributed by atoms with Crippen molar-refractivity contribution in [3.05, 3.63) is 34.6 Å². The second-order valence-electron chi connectivity index (χ2n) is 5.94. The van der Waals surface area contributed by atoms with Crippen molar-refractivity contribution >= 4 is 11.6 Å². The molecule has 1 nitrogen and oxygen atoms in total. The molecule has 3 atom stereocenters. The third kappa shape index (κ3) is 2.66. The largest absolute Gasteiger partial charge is 0.314 e. The molecule has 2 aliphatic carbocycles. The third-order valence-electron chi connectivity index (χ3n) is 4.85. The van der Waals surface area contributed by atoms with Crippen LogP contribution < -0.4 is 5.32 Å². The van der Waals surface area contributed by atoms with Gasteiger partial charge < -0.3 is 5.32 Å². The van der Waals surface area contributed by atoms with E-state index < -0.39 is 0 Å². The van der Waals surface area contributed by atoms with Crippen LogP contribution in [0.1, 0.15) is 31.7 Å². The molecule has 1 aromatic carbocycles. The van der Waals surface area contributed by atoms with Crippen LogP contribution in [-0.4, -0.2) is 12.6 Å². The zero-order chi connectivity index (χ0) is 13.4. The minimum atomic E-state index is -0.189. The maximum Gasteiger partial charge on any atom is 0.123 e. The molecule has 0 heterocycles. The molecular weight excluding hydrogens is 261 g/mol. The van der Waals surface area contributed by atoms with Gasteiger partial charge in [0.15, 0.2) is 0 Å². The van der Waals surface area contributed by atoms with Gasteiger partial charge in [0.05, 0.1) is 0 Å². The van der Waals surface area contributed by atoms with E-state index in [9.17, 15) is 4.39 Å². The van der Waals surface area contributed by atoms with Gasteiger partial charge in [0.25, 0.3) is 0 Å². The molecule has 0 saturated heterocycles. The maximum absolute atomic E-state index is 13.4. The Morgan fingerprint density at radius 1 is 1.37 bits per heavy atom. The summed E-state index contributed by atoms with van der Waals surface area (Å²) in [7, 11) is 0. The molecule has 0 bridgehead atoms. The lowest BCUT2D eigenvalue weighted by molar-refractivity contribution is 0.410. The number of hydrogen-bond donors (Lipinski definition) is 1. The fourth-order valence-corrected chi connectivity index (χ4v) is 4.21. The molecule has 2 saturated carbocycles. The fraction of sp³-hybridized carbons (Fsp3) is 0.625. The summed E-state index contributed by atoms with van der Waals surface area (Å²) in [6.45, 7) is 3.10. The molecule has 0 radical (unpaired) electrons. The van der Waals surface area contributed by atoms with E-state index in [1.54, 1.807) is 12.1 Å². The molecule has 0 spiro atoms. The van der Waals surface area contributed by atoms with Crippen LogP contribution in [-0.2, 0) is 6.42 Å². The quantitative estimate of drug-likeness (QED) is 0.859. The standard InChI is InChI=1S/C16H21ClFN/c1-2-19-15(16-12-4-3-5-13(12)16)9-10-8-11(18)6-7-14(10)17/h6-8,12-13,15-16,19H,2-5,9H2,1H3. The van der Waals surface area contributed by atoms with E-state index in [1.807, 2.05) is 0 Å². The first-order valence-electron chi connectivity index (χ1n) is 7.38. The summed E-state index contributed by atoms with van der Waals surface area (Å²) in [6.07, 6.45) is 5.01. The van der Waals surface area contributed by atoms with Gasteiger partial charge in [0, 0.05) is 11.1 Å². The predicted octanol–water partition coefficient (Wildman–Crippen LogP) is 4.05. The van der Waals surface area contributed by atoms with Crippen LogP contribution in [0.3, 0.4) is 0 Å². The van der Waals surface area contributed by atoms with Crippen LogP contribution in [0, 0.1) is 23.6 Å². The number of nitrogens with one attached hydrogen (secondary N) is 1. The lowest BCUT2D eigenvalue weighted by Crippen LogP contribution is -2.34. The topological polar surface area (TPSA) is 12.0 Å². The van der Waals surface area contributed by atoms with E-state index >= 15 is 0 Å². The van der Waals surface area contributed by atoms with E-state index in [2.05, 4.69) is 12.2 Å². The molecule has 2 aliphatic rings. The Hall–Kier alpha value is -0.600. The zero-order valence-corrected chi connectivity index (χ0v) is 12.1. The second kappa shape index (κ2) is 5.41. The minimum absolute atomic E-state index is 0.189. The Kier molecular flexibility index (Phi) is 3.81. The molecule has 2 fully saturated rings. The molecule has 0 amide bonds. The number of fused-ring (bicyclic) bond motifs is 1. The fourth-order valence-electron chi connectivity index (χ4n) is 4.02. The Morgan fingerprint density at radius 3 is 2.79 bits per heavy atom. The summed E-state index contributed by atoms with van der Waals surface area (Å²) in [5, 5.41) is 4.28. The smallest absolute Gasteiger partial charge is 0.123 e. The van der Waals surface area contributed by atoms with Crippen molar-refractivity contribution in [1.82, 2.24) is 5.32 Å². The maximum atomic E-state index is 13.4. The van der Waals surface area contributed by atoms with E-state index in [0.29, 0.717) is 11.1 Å². The molecule has 0 aromatic heterocycles. The van der Waals surface area contributed by atoms with Gasteiger partial charge in [-0.2, -0.15) is 0 Å². The van der Waals surface area contributed by atoms with Crippen LogP contribution in [0.25, 0.3) is 0 Å². The number of likely N-dealkylation sites (N-methyl/N-ethyl adjacent to an activating group) is 1. The normalized spacial score (nSPS) is 30.2. The van der Waals surface area contributed by atoms with Crippen molar-refractivity contribution in [2.75, 3.05) is 6.54 Å². The van der Waals surface area contributed by atoms with Crippen LogP contribution >= 0.6 is 11.6 Å². The Bertz CT molecular complexity index is 452. The van der Waals surface area contributed by atoms with Gasteiger partial charge in [0.2, 0.25) is 0 Å². The van der Waals surface area contributed by atoms with E-state index in [-0.39, 0.29) is 5.82 Å². The Balaban J connectivity index is 1.72. The third-order valence-corrected chi connectivity index (χ3v) is 5.22. The highest BCUT2D eigenvalue weighted by Crippen LogP contribution is 2.59. The molecule has 1 N–H and O–H groups in total. The van der Waals surface area contributed by atoms with Crippen molar-refractivity contribution in [2.24, 2.45) is 17.8 Å². The SMILES string of the molecule is CCNC(Cc1cc(F)ccc1Cl)C1C2CCCC21. The summed E-state index contributed by atoms with van der Waals surface area (Å²) < 4.78 is 13.4. The van der Waals surface area contributed by atoms with Crippen LogP contribution in [0.4, 0.5) is 4.39 Å². The van der Waals surface area contributed by atoms with Crippen molar-refractivity contribution in [1.29, 1.82) is 0 Å². The van der Waals surface area contributed by atoms with Crippen molar-refractivity contribution in [2.45, 2.75) is 38.6 Å². The number of halogens is 2. The summed E-state index contributed by atoms with van der Waals surface area (Å²) in [4.78, 5) is 0. The average Bonchev–Trinajstić information content (AvgIpc) is 2.86. The lowest BCUT2D eigenvalue weighted by Gasteiger charge is -2.20. The van der Waals surface area contributed by atoms with Gasteiger partial charge in [-0.25, -0.2) is 4.39 Å². The monoisotopic (exact) mass is 281 g/mol. The first kappa shape index (κ1) is 13.4. The van der Waals surface area contributed by atoms with Gasteiger partial charge in [-0.05, 0) is 67.3 Å². The highest BCUT2D eigenvalue weighted by atomic mass is 35.5. The highest BCUT2D eigenvalue weighted by molar-refractivity contribution is 6.31. The van der Waals surface area contributed by atoms with E-state index in [0.717, 1.165) is 36.3 Å². The van der Waals surface area contributed by atoms with Crippen molar-refractivity contribution in [3.8, 4) is 0 Å². The second-order valence-corrected chi connectivity index (χ2v) is 6.35. The molecule has 1 aromatic rings. The molecule has 3 heteroatoms. The first-order chi connectivity index (χ1) is 9.20. The van der Waals surface area contributed by atoms with Gasteiger partial charge in [0.1, 0.15) is 5.82 Å². The molecule has 3 rings (SSSR count). The first-order valence-corrected chi connectivity index (χ1v) is 7.75. The van der Waals surface area contributed by atoms with Crippen LogP contribution in [0.5, 0.6) is 0 Å². The molecular formula is C16H21ClFN. The van der Waals surface area contributed by atoms with E-state index in [1.165, 1.54) is 25.3 Å². The predicted molar refractivity (Wildman–Crippen MR) is 76.9 cm³/mol. The van der Waals surface area contributed by atoms with Gasteiger partial charge in [-0.1, -0.05) is 24.9 Å². The lowest BCUT2D eigenvalue weighted by atomic mass is 9.97. The minimum Gasteiger partial charge on any atom is -0.314 e. The van der Waals surface area contributed by atoms with E-state index in [4.69, 9.17) is 11.6 Å². The molecule has 104 valence electrons. The van der Waals surface area contributed by atoms with Crippen LogP contribution in [0.15, 0.2) is 18.2 Å². The summed E-state index contributed by atoms with van der Waals surface area (Å²) in [6, 6.07) is 5.15. The Morgan fingerprint density at radius 2 is 2.11 bits per heavy atom. The van der Waals surface area contributed by atoms with Crippen molar-refractivity contribution < 1.29 is 4.39 Å². The number of rotatable bonds is 5. The highest BCUT2D eigenvalue weighted by Gasteiger charge is 2.55. The summed E-state index contributed by atoms with van der Waals surface area (Å²) in [5.41, 5.74) is 0.942. The van der Waals surface area contributed by atoms with Gasteiger partial charge >= 0.3 is 0 Å². The van der Waals surface area contributed by atoms with Crippen molar-refractivity contribution in [3.63, 3.8) is 0 Å². The zero-order valence-electron chi connectivity index (χ0n) is 11.3. The molecule has 19 heavy (non-hydrogen) atoms. The molecule has 0 aliphatic heterocycles. The number of hydrogen-bond acceptors (Lipinski definition) is 1. The molecule has 3 unspecified atom stereocenters. The van der Waals surface area contributed by atoms with Gasteiger partial charge in [-0.3, -0.25) is 0 Å². The average molecular weight is 282 g/mol. The summed E-state index contributed by atoms with van der Waals surface area (Å²) in [5.74, 6) is 2.42. The number of benzene rings is 1.